The summed E-state index contributed by atoms with van der Waals surface area (Å²) in [4.78, 5) is 0. The van der Waals surface area contributed by atoms with E-state index in [-0.39, 0.29) is 0 Å². The van der Waals surface area contributed by atoms with Gasteiger partial charge in [0.25, 0.3) is 0 Å². The van der Waals surface area contributed by atoms with E-state index < -0.39 is 0 Å². The molecule has 1 fully saturated rings. The zero-order valence-electron chi connectivity index (χ0n) is 12.2. The summed E-state index contributed by atoms with van der Waals surface area (Å²) < 4.78 is 0. The zero-order chi connectivity index (χ0) is 12.7. The van der Waals surface area contributed by atoms with Crippen molar-refractivity contribution in [1.29, 1.82) is 0 Å². The Labute approximate surface area is 113 Å². The highest BCUT2D eigenvalue weighted by molar-refractivity contribution is 7.98. The van der Waals surface area contributed by atoms with Crippen molar-refractivity contribution in [1.82, 2.24) is 5.32 Å². The van der Waals surface area contributed by atoms with Crippen molar-refractivity contribution in [3.05, 3.63) is 0 Å². The Hall–Kier alpha value is 0.310. The highest BCUT2D eigenvalue weighted by atomic mass is 32.2. The van der Waals surface area contributed by atoms with Crippen LogP contribution in [0.1, 0.15) is 59.3 Å². The molecular weight excluding hydrogens is 226 g/mol. The number of hydrogen-bond acceptors (Lipinski definition) is 2. The highest BCUT2D eigenvalue weighted by Crippen LogP contribution is 2.37. The first-order valence-electron chi connectivity index (χ1n) is 7.26. The maximum absolute atomic E-state index is 3.74. The molecule has 0 aromatic rings. The van der Waals surface area contributed by atoms with Gasteiger partial charge in [-0.2, -0.15) is 11.8 Å². The summed E-state index contributed by atoms with van der Waals surface area (Å²) in [7, 11) is 0. The lowest BCUT2D eigenvalue weighted by Gasteiger charge is -2.37. The molecule has 0 unspecified atom stereocenters. The Kier molecular flexibility index (Phi) is 6.94. The molecule has 0 spiro atoms. The topological polar surface area (TPSA) is 12.0 Å². The predicted octanol–water partition coefficient (Wildman–Crippen LogP) is 4.32. The predicted molar refractivity (Wildman–Crippen MR) is 80.8 cm³/mol. The van der Waals surface area contributed by atoms with Crippen LogP contribution in [0.3, 0.4) is 0 Å². The number of thioether (sulfide) groups is 1. The van der Waals surface area contributed by atoms with Gasteiger partial charge in [0.05, 0.1) is 0 Å². The van der Waals surface area contributed by atoms with Crippen LogP contribution in [0, 0.1) is 11.3 Å². The second-order valence-corrected chi connectivity index (χ2v) is 7.55. The van der Waals surface area contributed by atoms with E-state index in [4.69, 9.17) is 0 Å². The van der Waals surface area contributed by atoms with Gasteiger partial charge in [-0.25, -0.2) is 0 Å². The lowest BCUT2D eigenvalue weighted by Crippen LogP contribution is -2.36. The minimum Gasteiger partial charge on any atom is -0.314 e. The lowest BCUT2D eigenvalue weighted by atomic mass is 9.71. The lowest BCUT2D eigenvalue weighted by molar-refractivity contribution is 0.160. The van der Waals surface area contributed by atoms with Crippen LogP contribution in [0.25, 0.3) is 0 Å². The van der Waals surface area contributed by atoms with Crippen LogP contribution in [0.5, 0.6) is 0 Å². The molecule has 0 bridgehead atoms. The molecule has 1 saturated carbocycles. The largest absolute Gasteiger partial charge is 0.314 e. The average molecular weight is 257 g/mol. The molecule has 0 aromatic carbocycles. The van der Waals surface area contributed by atoms with E-state index in [0.717, 1.165) is 12.0 Å². The molecule has 0 aromatic heterocycles. The van der Waals surface area contributed by atoms with E-state index in [1.54, 1.807) is 0 Å². The number of nitrogens with one attached hydrogen (secondary N) is 1. The molecule has 1 nitrogen and oxygen atoms in total. The van der Waals surface area contributed by atoms with E-state index in [2.05, 4.69) is 32.3 Å². The summed E-state index contributed by atoms with van der Waals surface area (Å²) >= 11 is 1.96. The van der Waals surface area contributed by atoms with Crippen molar-refractivity contribution in [3.63, 3.8) is 0 Å². The van der Waals surface area contributed by atoms with Crippen LogP contribution in [0.15, 0.2) is 0 Å². The van der Waals surface area contributed by atoms with Gasteiger partial charge in [-0.1, -0.05) is 20.8 Å². The Bertz CT molecular complexity index is 190. The summed E-state index contributed by atoms with van der Waals surface area (Å²) in [5, 5.41) is 3.74. The second kappa shape index (κ2) is 7.68. The maximum atomic E-state index is 3.74. The monoisotopic (exact) mass is 257 g/mol. The normalized spacial score (nSPS) is 26.1. The molecule has 102 valence electrons. The zero-order valence-corrected chi connectivity index (χ0v) is 13.0. The van der Waals surface area contributed by atoms with Crippen molar-refractivity contribution in [2.24, 2.45) is 11.3 Å². The minimum atomic E-state index is 0.517. The molecule has 1 rings (SSSR count). The fourth-order valence-corrected chi connectivity index (χ4v) is 3.33. The van der Waals surface area contributed by atoms with Gasteiger partial charge in [-0.3, -0.25) is 0 Å². The van der Waals surface area contributed by atoms with E-state index in [9.17, 15) is 0 Å². The molecule has 0 atom stereocenters. The smallest absolute Gasteiger partial charge is 0.00672 e. The van der Waals surface area contributed by atoms with E-state index >= 15 is 0 Å². The fraction of sp³-hybridized carbons (Fsp3) is 1.00. The van der Waals surface area contributed by atoms with Crippen LogP contribution in [-0.4, -0.2) is 24.6 Å². The van der Waals surface area contributed by atoms with Gasteiger partial charge in [-0.15, -0.1) is 0 Å². The SMILES string of the molecule is CSCCCCNC1CCC(C(C)(C)C)CC1. The first-order chi connectivity index (χ1) is 8.04. The van der Waals surface area contributed by atoms with Gasteiger partial charge >= 0.3 is 0 Å². The van der Waals surface area contributed by atoms with E-state index in [1.807, 2.05) is 11.8 Å². The van der Waals surface area contributed by atoms with E-state index in [1.165, 1.54) is 50.8 Å². The Morgan fingerprint density at radius 1 is 1.06 bits per heavy atom. The quantitative estimate of drug-likeness (QED) is 0.711. The van der Waals surface area contributed by atoms with Crippen LogP contribution >= 0.6 is 11.8 Å². The standard InChI is InChI=1S/C15H31NS/c1-15(2,3)13-7-9-14(10-8-13)16-11-5-6-12-17-4/h13-14,16H,5-12H2,1-4H3. The maximum Gasteiger partial charge on any atom is 0.00672 e. The van der Waals surface area contributed by atoms with Gasteiger partial charge in [0.1, 0.15) is 0 Å². The second-order valence-electron chi connectivity index (χ2n) is 6.57. The van der Waals surface area contributed by atoms with Gasteiger partial charge in [0.15, 0.2) is 0 Å². The van der Waals surface area contributed by atoms with Crippen LogP contribution in [-0.2, 0) is 0 Å². The van der Waals surface area contributed by atoms with Crippen molar-refractivity contribution >= 4 is 11.8 Å². The Morgan fingerprint density at radius 2 is 1.71 bits per heavy atom. The van der Waals surface area contributed by atoms with Gasteiger partial charge in [0.2, 0.25) is 0 Å². The molecule has 1 aliphatic carbocycles. The molecule has 0 amide bonds. The molecular formula is C15H31NS. The van der Waals surface area contributed by atoms with Crippen molar-refractivity contribution < 1.29 is 0 Å². The first kappa shape index (κ1) is 15.4. The van der Waals surface area contributed by atoms with Crippen molar-refractivity contribution in [2.75, 3.05) is 18.6 Å². The molecule has 1 N–H and O–H groups in total. The third-order valence-corrected chi connectivity index (χ3v) is 4.86. The Balaban J connectivity index is 2.07. The minimum absolute atomic E-state index is 0.517. The van der Waals surface area contributed by atoms with Crippen molar-refractivity contribution in [2.45, 2.75) is 65.3 Å². The molecule has 2 heteroatoms. The third kappa shape index (κ3) is 6.15. The summed E-state index contributed by atoms with van der Waals surface area (Å²) in [6, 6.07) is 0.808. The number of rotatable bonds is 6. The summed E-state index contributed by atoms with van der Waals surface area (Å²) in [5.74, 6) is 2.26. The van der Waals surface area contributed by atoms with Crippen molar-refractivity contribution in [3.8, 4) is 0 Å². The number of unbranched alkanes of at least 4 members (excludes halogenated alkanes) is 1. The molecule has 17 heavy (non-hydrogen) atoms. The molecule has 1 aliphatic rings. The van der Waals surface area contributed by atoms with Crippen LogP contribution < -0.4 is 5.32 Å². The van der Waals surface area contributed by atoms with Crippen LogP contribution in [0.4, 0.5) is 0 Å². The highest BCUT2D eigenvalue weighted by Gasteiger charge is 2.29. The fourth-order valence-electron chi connectivity index (χ4n) is 2.84. The van der Waals surface area contributed by atoms with E-state index in [0.29, 0.717) is 5.41 Å². The molecule has 0 aliphatic heterocycles. The third-order valence-electron chi connectivity index (χ3n) is 4.16. The average Bonchev–Trinajstić information content (AvgIpc) is 2.28. The molecule has 0 heterocycles. The molecule has 0 saturated heterocycles. The summed E-state index contributed by atoms with van der Waals surface area (Å²) in [6.07, 6.45) is 10.5. The van der Waals surface area contributed by atoms with Crippen LogP contribution in [0.2, 0.25) is 0 Å². The van der Waals surface area contributed by atoms with Gasteiger partial charge < -0.3 is 5.32 Å². The summed E-state index contributed by atoms with van der Waals surface area (Å²) in [5.41, 5.74) is 0.517. The number of hydrogen-bond donors (Lipinski definition) is 1. The first-order valence-corrected chi connectivity index (χ1v) is 8.65. The Morgan fingerprint density at radius 3 is 2.24 bits per heavy atom. The van der Waals surface area contributed by atoms with Gasteiger partial charge in [0, 0.05) is 6.04 Å². The van der Waals surface area contributed by atoms with Gasteiger partial charge in [-0.05, 0) is 68.4 Å². The molecule has 0 radical (unpaired) electrons. The summed E-state index contributed by atoms with van der Waals surface area (Å²) in [6.45, 7) is 8.42.